The van der Waals surface area contributed by atoms with Crippen LogP contribution in [0.2, 0.25) is 0 Å². The molecule has 0 aromatic heterocycles. The van der Waals surface area contributed by atoms with E-state index in [1.807, 2.05) is 25.1 Å². The third-order valence-electron chi connectivity index (χ3n) is 4.68. The molecule has 0 saturated carbocycles. The van der Waals surface area contributed by atoms with Crippen LogP contribution in [-0.4, -0.2) is 36.3 Å². The number of aryl methyl sites for hydroxylation is 1. The summed E-state index contributed by atoms with van der Waals surface area (Å²) in [5.74, 6) is -0.464. The average molecular weight is 355 g/mol. The summed E-state index contributed by atoms with van der Waals surface area (Å²) in [5.41, 5.74) is 2.03. The molecule has 0 N–H and O–H groups in total. The van der Waals surface area contributed by atoms with Crippen LogP contribution in [0.4, 0.5) is 4.39 Å². The van der Waals surface area contributed by atoms with Crippen molar-refractivity contribution in [3.05, 3.63) is 71.0 Å². The molecule has 1 atom stereocenters. The van der Waals surface area contributed by atoms with Crippen LogP contribution in [0.15, 0.2) is 48.5 Å². The molecule has 0 bridgehead atoms. The number of ketones is 1. The van der Waals surface area contributed by atoms with E-state index in [9.17, 15) is 14.0 Å². The average Bonchev–Trinajstić information content (AvgIpc) is 2.66. The van der Waals surface area contributed by atoms with Gasteiger partial charge in [-0.2, -0.15) is 0 Å². The first-order valence-corrected chi connectivity index (χ1v) is 8.79. The van der Waals surface area contributed by atoms with E-state index in [0.29, 0.717) is 30.8 Å². The Bertz CT molecular complexity index is 805. The highest BCUT2D eigenvalue weighted by atomic mass is 19.1. The Balaban J connectivity index is 1.59. The third kappa shape index (κ3) is 4.17. The Morgan fingerprint density at radius 2 is 1.85 bits per heavy atom. The van der Waals surface area contributed by atoms with E-state index < -0.39 is 6.10 Å². The first kappa shape index (κ1) is 18.3. The smallest absolute Gasteiger partial charge is 0.223 e. The Hall–Kier alpha value is -2.53. The SMILES string of the molecule is Cc1ccccc1C(=O)CCC(=O)N1CCOC(c2ccccc2F)C1. The van der Waals surface area contributed by atoms with Crippen LogP contribution < -0.4 is 0 Å². The second kappa shape index (κ2) is 8.23. The van der Waals surface area contributed by atoms with Crippen LogP contribution in [0.1, 0.15) is 40.4 Å². The van der Waals surface area contributed by atoms with Crippen molar-refractivity contribution >= 4 is 11.7 Å². The summed E-state index contributed by atoms with van der Waals surface area (Å²) in [5, 5.41) is 0. The topological polar surface area (TPSA) is 46.6 Å². The molecule has 136 valence electrons. The quantitative estimate of drug-likeness (QED) is 0.769. The van der Waals surface area contributed by atoms with Crippen molar-refractivity contribution in [1.29, 1.82) is 0 Å². The number of Topliss-reactive ketones (excluding diaryl/α,β-unsaturated/α-hetero) is 1. The van der Waals surface area contributed by atoms with Gasteiger partial charge >= 0.3 is 0 Å². The number of halogens is 1. The molecular weight excluding hydrogens is 333 g/mol. The zero-order valence-corrected chi connectivity index (χ0v) is 14.8. The number of hydrogen-bond donors (Lipinski definition) is 0. The summed E-state index contributed by atoms with van der Waals surface area (Å²) < 4.78 is 19.6. The van der Waals surface area contributed by atoms with Crippen LogP contribution in [-0.2, 0) is 9.53 Å². The lowest BCUT2D eigenvalue weighted by Crippen LogP contribution is -2.42. The van der Waals surface area contributed by atoms with Gasteiger partial charge in [0.2, 0.25) is 5.91 Å². The van der Waals surface area contributed by atoms with Crippen molar-refractivity contribution in [3.8, 4) is 0 Å². The monoisotopic (exact) mass is 355 g/mol. The van der Waals surface area contributed by atoms with Gasteiger partial charge in [-0.15, -0.1) is 0 Å². The molecule has 1 saturated heterocycles. The highest BCUT2D eigenvalue weighted by Crippen LogP contribution is 2.25. The first-order valence-electron chi connectivity index (χ1n) is 8.79. The second-order valence-corrected chi connectivity index (χ2v) is 6.46. The second-order valence-electron chi connectivity index (χ2n) is 6.46. The van der Waals surface area contributed by atoms with Crippen molar-refractivity contribution in [2.24, 2.45) is 0 Å². The molecule has 2 aromatic rings. The molecule has 1 amide bonds. The fourth-order valence-electron chi connectivity index (χ4n) is 3.20. The Morgan fingerprint density at radius 3 is 2.62 bits per heavy atom. The lowest BCUT2D eigenvalue weighted by molar-refractivity contribution is -0.139. The molecule has 2 aromatic carbocycles. The highest BCUT2D eigenvalue weighted by molar-refractivity contribution is 5.99. The maximum atomic E-state index is 14.0. The van der Waals surface area contributed by atoms with E-state index in [-0.39, 0.29) is 30.3 Å². The van der Waals surface area contributed by atoms with Crippen LogP contribution in [0.3, 0.4) is 0 Å². The van der Waals surface area contributed by atoms with Gasteiger partial charge in [0, 0.05) is 30.5 Å². The van der Waals surface area contributed by atoms with Crippen molar-refractivity contribution < 1.29 is 18.7 Å². The van der Waals surface area contributed by atoms with Gasteiger partial charge in [0.15, 0.2) is 5.78 Å². The largest absolute Gasteiger partial charge is 0.370 e. The summed E-state index contributed by atoms with van der Waals surface area (Å²) >= 11 is 0. The van der Waals surface area contributed by atoms with Crippen molar-refractivity contribution in [1.82, 2.24) is 4.90 Å². The predicted octanol–water partition coefficient (Wildman–Crippen LogP) is 3.70. The standard InChI is InChI=1S/C21H22FNO3/c1-15-6-2-3-7-16(15)19(24)10-11-21(25)23-12-13-26-20(14-23)17-8-4-5-9-18(17)22/h2-9,20H,10-14H2,1H3. The van der Waals surface area contributed by atoms with Crippen molar-refractivity contribution in [2.75, 3.05) is 19.7 Å². The fraction of sp³-hybridized carbons (Fsp3) is 0.333. The Labute approximate surface area is 152 Å². The molecule has 1 aliphatic heterocycles. The molecule has 0 spiro atoms. The zero-order chi connectivity index (χ0) is 18.5. The number of hydrogen-bond acceptors (Lipinski definition) is 3. The summed E-state index contributed by atoms with van der Waals surface area (Å²) in [6, 6.07) is 13.8. The van der Waals surface area contributed by atoms with Gasteiger partial charge in [0.25, 0.3) is 0 Å². The molecule has 0 aliphatic carbocycles. The molecule has 3 rings (SSSR count). The summed E-state index contributed by atoms with van der Waals surface area (Å²) in [7, 11) is 0. The number of morpholine rings is 1. The summed E-state index contributed by atoms with van der Waals surface area (Å²) in [6.45, 7) is 3.01. The van der Waals surface area contributed by atoms with Gasteiger partial charge < -0.3 is 9.64 Å². The van der Waals surface area contributed by atoms with Gasteiger partial charge in [-0.25, -0.2) is 4.39 Å². The molecule has 1 fully saturated rings. The number of carbonyl (C=O) groups is 2. The van der Waals surface area contributed by atoms with E-state index in [1.165, 1.54) is 6.07 Å². The van der Waals surface area contributed by atoms with E-state index in [2.05, 4.69) is 0 Å². The van der Waals surface area contributed by atoms with Crippen molar-refractivity contribution in [3.63, 3.8) is 0 Å². The van der Waals surface area contributed by atoms with Crippen LogP contribution in [0.25, 0.3) is 0 Å². The Morgan fingerprint density at radius 1 is 1.12 bits per heavy atom. The summed E-state index contributed by atoms with van der Waals surface area (Å²) in [6.07, 6.45) is -0.149. The molecule has 1 unspecified atom stereocenters. The van der Waals surface area contributed by atoms with E-state index >= 15 is 0 Å². The fourth-order valence-corrected chi connectivity index (χ4v) is 3.20. The van der Waals surface area contributed by atoms with Gasteiger partial charge in [-0.1, -0.05) is 42.5 Å². The maximum Gasteiger partial charge on any atom is 0.223 e. The molecule has 5 heteroatoms. The molecular formula is C21H22FNO3. The van der Waals surface area contributed by atoms with Crippen LogP contribution in [0, 0.1) is 12.7 Å². The van der Waals surface area contributed by atoms with Gasteiger partial charge in [0.1, 0.15) is 11.9 Å². The number of rotatable bonds is 5. The molecule has 4 nitrogen and oxygen atoms in total. The van der Waals surface area contributed by atoms with Crippen LogP contribution >= 0.6 is 0 Å². The Kier molecular flexibility index (Phi) is 5.78. The number of nitrogens with zero attached hydrogens (tertiary/aromatic N) is 1. The molecule has 0 radical (unpaired) electrons. The minimum atomic E-state index is -0.471. The van der Waals surface area contributed by atoms with Gasteiger partial charge in [-0.3, -0.25) is 9.59 Å². The van der Waals surface area contributed by atoms with Crippen molar-refractivity contribution in [2.45, 2.75) is 25.9 Å². The first-order chi connectivity index (χ1) is 12.6. The lowest BCUT2D eigenvalue weighted by Gasteiger charge is -2.33. The zero-order valence-electron chi connectivity index (χ0n) is 14.8. The number of carbonyl (C=O) groups excluding carboxylic acids is 2. The maximum absolute atomic E-state index is 14.0. The molecule has 1 heterocycles. The number of benzene rings is 2. The van der Waals surface area contributed by atoms with E-state index in [0.717, 1.165) is 5.56 Å². The lowest BCUT2D eigenvalue weighted by atomic mass is 10.0. The number of amides is 1. The normalized spacial score (nSPS) is 17.2. The van der Waals surface area contributed by atoms with E-state index in [4.69, 9.17) is 4.74 Å². The van der Waals surface area contributed by atoms with Gasteiger partial charge in [-0.05, 0) is 18.6 Å². The predicted molar refractivity (Wildman–Crippen MR) is 96.4 cm³/mol. The molecule has 1 aliphatic rings. The van der Waals surface area contributed by atoms with Crippen LogP contribution in [0.5, 0.6) is 0 Å². The summed E-state index contributed by atoms with van der Waals surface area (Å²) in [4.78, 5) is 26.5. The minimum Gasteiger partial charge on any atom is -0.370 e. The number of ether oxygens (including phenoxy) is 1. The van der Waals surface area contributed by atoms with Gasteiger partial charge in [0.05, 0.1) is 13.2 Å². The van der Waals surface area contributed by atoms with E-state index in [1.54, 1.807) is 29.2 Å². The molecule has 26 heavy (non-hydrogen) atoms. The third-order valence-corrected chi connectivity index (χ3v) is 4.68. The minimum absolute atomic E-state index is 0.0321. The highest BCUT2D eigenvalue weighted by Gasteiger charge is 2.27.